The van der Waals surface area contributed by atoms with Gasteiger partial charge in [-0.2, -0.15) is 0 Å². The molecule has 0 aromatic heterocycles. The van der Waals surface area contributed by atoms with Gasteiger partial charge < -0.3 is 4.90 Å². The highest BCUT2D eigenvalue weighted by molar-refractivity contribution is 6.37. The van der Waals surface area contributed by atoms with E-state index in [0.717, 1.165) is 0 Å². The van der Waals surface area contributed by atoms with Gasteiger partial charge in [-0.3, -0.25) is 14.8 Å². The van der Waals surface area contributed by atoms with Crippen molar-refractivity contribution in [2.75, 3.05) is 14.1 Å². The average Bonchev–Trinajstić information content (AvgIpc) is 2.83. The molecule has 1 aliphatic heterocycles. The van der Waals surface area contributed by atoms with Crippen LogP contribution in [0.15, 0.2) is 40.0 Å². The summed E-state index contributed by atoms with van der Waals surface area (Å²) in [4.78, 5) is 23.2. The van der Waals surface area contributed by atoms with E-state index in [1.807, 2.05) is 14.1 Å². The maximum atomic E-state index is 12.8. The number of aliphatic imine (C=N–C) groups is 2. The zero-order chi connectivity index (χ0) is 15.6. The Morgan fingerprint density at radius 1 is 1.24 bits per heavy atom. The predicted molar refractivity (Wildman–Crippen MR) is 88.0 cm³/mol. The van der Waals surface area contributed by atoms with Gasteiger partial charge in [0.05, 0.1) is 10.6 Å². The van der Waals surface area contributed by atoms with E-state index in [4.69, 9.17) is 23.2 Å². The first kappa shape index (κ1) is 15.7. The highest BCUT2D eigenvalue weighted by Crippen LogP contribution is 2.31. The third kappa shape index (κ3) is 3.34. The molecule has 0 fully saturated rings. The molecule has 110 valence electrons. The number of benzene rings is 1. The second kappa shape index (κ2) is 6.00. The van der Waals surface area contributed by atoms with Crippen molar-refractivity contribution in [2.24, 2.45) is 9.98 Å². The lowest BCUT2D eigenvalue weighted by molar-refractivity contribution is 0.102. The molecule has 1 heterocycles. The first-order valence-corrected chi connectivity index (χ1v) is 7.06. The maximum absolute atomic E-state index is 12.8. The molecule has 0 spiro atoms. The zero-order valence-corrected chi connectivity index (χ0v) is 13.5. The topological polar surface area (TPSA) is 45.0 Å². The Labute approximate surface area is 133 Å². The number of rotatable bonds is 4. The number of ketones is 1. The molecule has 0 saturated carbocycles. The molecule has 0 atom stereocenters. The largest absolute Gasteiger partial charge is 0.383 e. The molecule has 1 aromatic rings. The summed E-state index contributed by atoms with van der Waals surface area (Å²) in [5, 5.41) is 0.796. The van der Waals surface area contributed by atoms with Gasteiger partial charge in [-0.15, -0.1) is 0 Å². The standard InChI is InChI=1S/C15H15Cl2N3O/c1-15(18-6-7-19-15)12(9-20(2)3)14(21)11-5-4-10(16)8-13(11)17/h4-9H,1-3H3. The molecular formula is C15H15Cl2N3O. The van der Waals surface area contributed by atoms with E-state index in [1.54, 1.807) is 48.7 Å². The maximum Gasteiger partial charge on any atom is 0.196 e. The molecule has 2 rings (SSSR count). The Bertz CT molecular complexity index is 651. The molecule has 0 aliphatic carbocycles. The fourth-order valence-electron chi connectivity index (χ4n) is 2.00. The van der Waals surface area contributed by atoms with Gasteiger partial charge in [-0.1, -0.05) is 23.2 Å². The predicted octanol–water partition coefficient (Wildman–Crippen LogP) is 3.49. The highest BCUT2D eigenvalue weighted by atomic mass is 35.5. The van der Waals surface area contributed by atoms with Crippen LogP contribution in [0.1, 0.15) is 17.3 Å². The van der Waals surface area contributed by atoms with E-state index >= 15 is 0 Å². The van der Waals surface area contributed by atoms with Crippen molar-refractivity contribution in [1.82, 2.24) is 4.90 Å². The van der Waals surface area contributed by atoms with E-state index in [2.05, 4.69) is 9.98 Å². The van der Waals surface area contributed by atoms with Gasteiger partial charge in [-0.25, -0.2) is 0 Å². The van der Waals surface area contributed by atoms with Gasteiger partial charge in [0.25, 0.3) is 0 Å². The van der Waals surface area contributed by atoms with Crippen LogP contribution >= 0.6 is 23.2 Å². The van der Waals surface area contributed by atoms with Gasteiger partial charge in [0.1, 0.15) is 0 Å². The summed E-state index contributed by atoms with van der Waals surface area (Å²) in [6, 6.07) is 4.80. The Morgan fingerprint density at radius 3 is 2.38 bits per heavy atom. The van der Waals surface area contributed by atoms with Crippen LogP contribution < -0.4 is 0 Å². The van der Waals surface area contributed by atoms with Crippen molar-refractivity contribution in [2.45, 2.75) is 12.6 Å². The molecule has 0 bridgehead atoms. The normalized spacial score (nSPS) is 16.3. The van der Waals surface area contributed by atoms with Gasteiger partial charge >= 0.3 is 0 Å². The molecule has 4 nitrogen and oxygen atoms in total. The molecule has 0 saturated heterocycles. The van der Waals surface area contributed by atoms with Gasteiger partial charge in [0, 0.05) is 43.3 Å². The molecule has 1 aliphatic rings. The SMILES string of the molecule is CN(C)C=C(C(=O)c1ccc(Cl)cc1Cl)C1(C)N=CC=N1. The van der Waals surface area contributed by atoms with Crippen LogP contribution in [0.25, 0.3) is 0 Å². The van der Waals surface area contributed by atoms with Gasteiger partial charge in [-0.05, 0) is 25.1 Å². The monoisotopic (exact) mass is 323 g/mol. The van der Waals surface area contributed by atoms with E-state index in [0.29, 0.717) is 21.2 Å². The molecule has 21 heavy (non-hydrogen) atoms. The number of hydrogen-bond donors (Lipinski definition) is 0. The van der Waals surface area contributed by atoms with Crippen LogP contribution in [0, 0.1) is 0 Å². The minimum atomic E-state index is -0.926. The van der Waals surface area contributed by atoms with Crippen LogP contribution in [-0.4, -0.2) is 42.9 Å². The third-order valence-electron chi connectivity index (χ3n) is 3.04. The number of halogens is 2. The molecular weight excluding hydrogens is 309 g/mol. The summed E-state index contributed by atoms with van der Waals surface area (Å²) >= 11 is 12.0. The number of carbonyl (C=O) groups is 1. The van der Waals surface area contributed by atoms with Crippen LogP contribution in [0.3, 0.4) is 0 Å². The van der Waals surface area contributed by atoms with Crippen LogP contribution in [0.2, 0.25) is 10.0 Å². The summed E-state index contributed by atoms with van der Waals surface area (Å²) in [6.45, 7) is 1.78. The van der Waals surface area contributed by atoms with Gasteiger partial charge in [0.15, 0.2) is 11.4 Å². The number of nitrogens with zero attached hydrogens (tertiary/aromatic N) is 3. The Balaban J connectivity index is 2.49. The minimum Gasteiger partial charge on any atom is -0.383 e. The molecule has 0 amide bonds. The van der Waals surface area contributed by atoms with Crippen molar-refractivity contribution in [3.8, 4) is 0 Å². The van der Waals surface area contributed by atoms with Crippen molar-refractivity contribution in [1.29, 1.82) is 0 Å². The Hall–Kier alpha value is -1.65. The molecule has 0 N–H and O–H groups in total. The van der Waals surface area contributed by atoms with Crippen LogP contribution in [0.4, 0.5) is 0 Å². The molecule has 0 radical (unpaired) electrons. The lowest BCUT2D eigenvalue weighted by Gasteiger charge is -2.22. The second-order valence-electron chi connectivity index (χ2n) is 5.04. The third-order valence-corrected chi connectivity index (χ3v) is 3.58. The molecule has 6 heteroatoms. The quantitative estimate of drug-likeness (QED) is 0.629. The fraction of sp³-hybridized carbons (Fsp3) is 0.267. The van der Waals surface area contributed by atoms with E-state index < -0.39 is 5.66 Å². The van der Waals surface area contributed by atoms with E-state index in [-0.39, 0.29) is 5.78 Å². The van der Waals surface area contributed by atoms with Crippen molar-refractivity contribution < 1.29 is 4.79 Å². The van der Waals surface area contributed by atoms with Crippen molar-refractivity contribution in [3.05, 3.63) is 45.6 Å². The molecule has 0 unspecified atom stereocenters. The van der Waals surface area contributed by atoms with E-state index in [9.17, 15) is 4.79 Å². The number of Topliss-reactive ketones (excluding diaryl/α,β-unsaturated/α-hetero) is 1. The summed E-state index contributed by atoms with van der Waals surface area (Å²) in [6.07, 6.45) is 4.88. The summed E-state index contributed by atoms with van der Waals surface area (Å²) in [5.41, 5.74) is -0.0981. The van der Waals surface area contributed by atoms with Gasteiger partial charge in [0.2, 0.25) is 0 Å². The lowest BCUT2D eigenvalue weighted by Crippen LogP contribution is -2.28. The number of carbonyl (C=O) groups excluding carboxylic acids is 1. The van der Waals surface area contributed by atoms with Crippen LogP contribution in [-0.2, 0) is 0 Å². The van der Waals surface area contributed by atoms with E-state index in [1.165, 1.54) is 0 Å². The zero-order valence-electron chi connectivity index (χ0n) is 12.0. The first-order chi connectivity index (χ1) is 9.83. The lowest BCUT2D eigenvalue weighted by atomic mass is 9.94. The summed E-state index contributed by atoms with van der Waals surface area (Å²) in [7, 11) is 3.67. The smallest absolute Gasteiger partial charge is 0.196 e. The highest BCUT2D eigenvalue weighted by Gasteiger charge is 2.34. The average molecular weight is 324 g/mol. The Kier molecular flexibility index (Phi) is 4.49. The first-order valence-electron chi connectivity index (χ1n) is 6.31. The summed E-state index contributed by atoms with van der Waals surface area (Å²) < 4.78 is 0. The Morgan fingerprint density at radius 2 is 1.86 bits per heavy atom. The fourth-order valence-corrected chi connectivity index (χ4v) is 2.50. The van der Waals surface area contributed by atoms with Crippen LogP contribution in [0.5, 0.6) is 0 Å². The number of hydrogen-bond acceptors (Lipinski definition) is 4. The van der Waals surface area contributed by atoms with Crippen molar-refractivity contribution in [3.63, 3.8) is 0 Å². The summed E-state index contributed by atoms with van der Waals surface area (Å²) in [5.74, 6) is -0.218. The second-order valence-corrected chi connectivity index (χ2v) is 5.88. The molecule has 1 aromatic carbocycles. The van der Waals surface area contributed by atoms with Crippen molar-refractivity contribution >= 4 is 41.4 Å². The minimum absolute atomic E-state index is 0.218.